The van der Waals surface area contributed by atoms with Crippen molar-refractivity contribution in [2.75, 3.05) is 52.4 Å². The Morgan fingerprint density at radius 3 is 2.30 bits per heavy atom. The number of imide groups is 1. The van der Waals surface area contributed by atoms with Crippen molar-refractivity contribution in [1.82, 2.24) is 20.4 Å². The monoisotopic (exact) mass is 286 g/mol. The van der Waals surface area contributed by atoms with Crippen molar-refractivity contribution >= 4 is 11.9 Å². The second-order valence-electron chi connectivity index (χ2n) is 5.49. The van der Waals surface area contributed by atoms with Crippen LogP contribution in [0.3, 0.4) is 0 Å². The van der Waals surface area contributed by atoms with Crippen LogP contribution in [0.15, 0.2) is 0 Å². The van der Waals surface area contributed by atoms with Gasteiger partial charge in [0.25, 0.3) is 0 Å². The van der Waals surface area contributed by atoms with Crippen molar-refractivity contribution in [2.45, 2.75) is 13.8 Å². The zero-order chi connectivity index (χ0) is 15.0. The maximum Gasteiger partial charge on any atom is 0.321 e. The molecular formula is C13H26N4O3. The second kappa shape index (κ2) is 8.89. The Morgan fingerprint density at radius 1 is 1.15 bits per heavy atom. The van der Waals surface area contributed by atoms with Gasteiger partial charge in [0, 0.05) is 39.3 Å². The van der Waals surface area contributed by atoms with Gasteiger partial charge in [-0.2, -0.15) is 0 Å². The quantitative estimate of drug-likeness (QED) is 0.588. The number of hydrogen-bond acceptors (Lipinski definition) is 5. The van der Waals surface area contributed by atoms with E-state index in [0.717, 1.165) is 26.2 Å². The molecule has 0 aromatic carbocycles. The Balaban J connectivity index is 2.18. The predicted octanol–water partition coefficient (Wildman–Crippen LogP) is -0.922. The lowest BCUT2D eigenvalue weighted by Crippen LogP contribution is -2.51. The number of nitrogens with zero attached hydrogens (tertiary/aromatic N) is 2. The third-order valence-electron chi connectivity index (χ3n) is 3.17. The van der Waals surface area contributed by atoms with E-state index in [9.17, 15) is 9.59 Å². The van der Waals surface area contributed by atoms with Crippen molar-refractivity contribution in [3.8, 4) is 0 Å². The van der Waals surface area contributed by atoms with Crippen molar-refractivity contribution < 1.29 is 14.7 Å². The summed E-state index contributed by atoms with van der Waals surface area (Å²) in [4.78, 5) is 27.3. The number of rotatable bonds is 6. The van der Waals surface area contributed by atoms with Gasteiger partial charge in [-0.3, -0.25) is 19.9 Å². The molecule has 0 atom stereocenters. The van der Waals surface area contributed by atoms with E-state index < -0.39 is 6.03 Å². The lowest BCUT2D eigenvalue weighted by molar-refractivity contribution is -0.121. The smallest absolute Gasteiger partial charge is 0.321 e. The average Bonchev–Trinajstić information content (AvgIpc) is 2.39. The predicted molar refractivity (Wildman–Crippen MR) is 76.3 cm³/mol. The molecular weight excluding hydrogens is 260 g/mol. The second-order valence-corrected chi connectivity index (χ2v) is 5.49. The lowest BCUT2D eigenvalue weighted by Gasteiger charge is -2.33. The highest BCUT2D eigenvalue weighted by molar-refractivity contribution is 5.95. The number of piperazine rings is 1. The molecule has 1 aliphatic heterocycles. The number of nitrogens with one attached hydrogen (secondary N) is 2. The summed E-state index contributed by atoms with van der Waals surface area (Å²) in [5.74, 6) is 0.0809. The molecule has 1 heterocycles. The highest BCUT2D eigenvalue weighted by Crippen LogP contribution is 2.00. The van der Waals surface area contributed by atoms with Gasteiger partial charge < -0.3 is 10.4 Å². The number of hydrogen-bond donors (Lipinski definition) is 3. The van der Waals surface area contributed by atoms with Crippen LogP contribution in [-0.4, -0.2) is 79.3 Å². The molecule has 20 heavy (non-hydrogen) atoms. The van der Waals surface area contributed by atoms with Crippen LogP contribution < -0.4 is 10.6 Å². The summed E-state index contributed by atoms with van der Waals surface area (Å²) in [6, 6.07) is -0.428. The molecule has 0 radical (unpaired) electrons. The van der Waals surface area contributed by atoms with Gasteiger partial charge in [-0.25, -0.2) is 4.79 Å². The maximum absolute atomic E-state index is 11.7. The first-order chi connectivity index (χ1) is 9.51. The number of aliphatic hydroxyl groups excluding tert-OH is 1. The normalized spacial score (nSPS) is 17.2. The van der Waals surface area contributed by atoms with Crippen LogP contribution in [0.5, 0.6) is 0 Å². The molecule has 0 aromatic rings. The number of amides is 3. The van der Waals surface area contributed by atoms with Gasteiger partial charge in [0.1, 0.15) is 0 Å². The van der Waals surface area contributed by atoms with E-state index in [1.807, 2.05) is 18.7 Å². The number of aliphatic hydroxyl groups is 1. The SMILES string of the molecule is CC(C)CNC(=O)NC(=O)CN1CCN(CCO)CC1. The third kappa shape index (κ3) is 6.83. The summed E-state index contributed by atoms with van der Waals surface area (Å²) in [7, 11) is 0. The molecule has 1 aliphatic rings. The van der Waals surface area contributed by atoms with E-state index in [2.05, 4.69) is 15.5 Å². The van der Waals surface area contributed by atoms with Gasteiger partial charge in [-0.1, -0.05) is 13.8 Å². The number of β-amino-alcohol motifs (C(OH)–C–C–N with tert-alkyl or cyclic N) is 1. The molecule has 0 saturated carbocycles. The first-order valence-corrected chi connectivity index (χ1v) is 7.14. The summed E-state index contributed by atoms with van der Waals surface area (Å²) < 4.78 is 0. The number of carbonyl (C=O) groups excluding carboxylic acids is 2. The largest absolute Gasteiger partial charge is 0.395 e. The molecule has 1 fully saturated rings. The third-order valence-corrected chi connectivity index (χ3v) is 3.17. The molecule has 0 aliphatic carbocycles. The van der Waals surface area contributed by atoms with E-state index in [4.69, 9.17) is 5.11 Å². The molecule has 0 spiro atoms. The van der Waals surface area contributed by atoms with Crippen molar-refractivity contribution in [3.05, 3.63) is 0 Å². The fraction of sp³-hybridized carbons (Fsp3) is 0.846. The van der Waals surface area contributed by atoms with E-state index in [1.54, 1.807) is 0 Å². The molecule has 1 saturated heterocycles. The zero-order valence-corrected chi connectivity index (χ0v) is 12.4. The number of carbonyl (C=O) groups is 2. The van der Waals surface area contributed by atoms with Crippen LogP contribution in [0, 0.1) is 5.92 Å². The molecule has 0 aromatic heterocycles. The number of urea groups is 1. The lowest BCUT2D eigenvalue weighted by atomic mass is 10.2. The minimum absolute atomic E-state index is 0.163. The van der Waals surface area contributed by atoms with Crippen LogP contribution in [-0.2, 0) is 4.79 Å². The van der Waals surface area contributed by atoms with E-state index >= 15 is 0 Å². The van der Waals surface area contributed by atoms with Gasteiger partial charge in [0.2, 0.25) is 5.91 Å². The fourth-order valence-electron chi connectivity index (χ4n) is 2.02. The van der Waals surface area contributed by atoms with Crippen LogP contribution >= 0.6 is 0 Å². The van der Waals surface area contributed by atoms with Crippen LogP contribution in [0.25, 0.3) is 0 Å². The Kier molecular flexibility index (Phi) is 7.50. The molecule has 0 unspecified atom stereocenters. The Hall–Kier alpha value is -1.18. The Labute approximate surface area is 120 Å². The van der Waals surface area contributed by atoms with Gasteiger partial charge >= 0.3 is 6.03 Å². The summed E-state index contributed by atoms with van der Waals surface area (Å²) in [6.07, 6.45) is 0. The standard InChI is InChI=1S/C13H26N4O3/c1-11(2)9-14-13(20)15-12(19)10-17-5-3-16(4-6-17)7-8-18/h11,18H,3-10H2,1-2H3,(H2,14,15,19,20). The summed E-state index contributed by atoms with van der Waals surface area (Å²) in [5, 5.41) is 13.8. The molecule has 7 nitrogen and oxygen atoms in total. The molecule has 7 heteroatoms. The topological polar surface area (TPSA) is 84.9 Å². The first-order valence-electron chi connectivity index (χ1n) is 7.14. The van der Waals surface area contributed by atoms with Gasteiger partial charge in [0.15, 0.2) is 0 Å². The van der Waals surface area contributed by atoms with Crippen molar-refractivity contribution in [2.24, 2.45) is 5.92 Å². The van der Waals surface area contributed by atoms with Crippen LogP contribution in [0.4, 0.5) is 4.79 Å². The first kappa shape index (κ1) is 16.9. The molecule has 0 bridgehead atoms. The van der Waals surface area contributed by atoms with Gasteiger partial charge in [-0.05, 0) is 5.92 Å². The van der Waals surface area contributed by atoms with Crippen molar-refractivity contribution in [1.29, 1.82) is 0 Å². The minimum atomic E-state index is -0.428. The van der Waals surface area contributed by atoms with Gasteiger partial charge in [-0.15, -0.1) is 0 Å². The highest BCUT2D eigenvalue weighted by atomic mass is 16.3. The minimum Gasteiger partial charge on any atom is -0.395 e. The fourth-order valence-corrected chi connectivity index (χ4v) is 2.02. The summed E-state index contributed by atoms with van der Waals surface area (Å²) in [5.41, 5.74) is 0. The molecule has 3 N–H and O–H groups in total. The average molecular weight is 286 g/mol. The molecule has 1 rings (SSSR count). The van der Waals surface area contributed by atoms with Crippen molar-refractivity contribution in [3.63, 3.8) is 0 Å². The zero-order valence-electron chi connectivity index (χ0n) is 12.4. The summed E-state index contributed by atoms with van der Waals surface area (Å²) >= 11 is 0. The van der Waals surface area contributed by atoms with Crippen LogP contribution in [0.2, 0.25) is 0 Å². The summed E-state index contributed by atoms with van der Waals surface area (Å²) in [6.45, 7) is 8.86. The van der Waals surface area contributed by atoms with E-state index in [0.29, 0.717) is 19.0 Å². The van der Waals surface area contributed by atoms with E-state index in [1.165, 1.54) is 0 Å². The maximum atomic E-state index is 11.7. The molecule has 3 amide bonds. The highest BCUT2D eigenvalue weighted by Gasteiger charge is 2.19. The Morgan fingerprint density at radius 2 is 1.75 bits per heavy atom. The molecule has 116 valence electrons. The van der Waals surface area contributed by atoms with Crippen LogP contribution in [0.1, 0.15) is 13.8 Å². The van der Waals surface area contributed by atoms with E-state index in [-0.39, 0.29) is 19.1 Å². The van der Waals surface area contributed by atoms with Gasteiger partial charge in [0.05, 0.1) is 13.2 Å². The Bertz CT molecular complexity index is 315.